The van der Waals surface area contributed by atoms with Gasteiger partial charge in [-0.3, -0.25) is 0 Å². The van der Waals surface area contributed by atoms with Crippen LogP contribution < -0.4 is 0 Å². The highest BCUT2D eigenvalue weighted by Gasteiger charge is 2.24. The minimum atomic E-state index is -0.236. The van der Waals surface area contributed by atoms with E-state index in [-0.39, 0.29) is 23.3 Å². The molecule has 0 amide bonds. The van der Waals surface area contributed by atoms with E-state index >= 15 is 0 Å². The van der Waals surface area contributed by atoms with Crippen LogP contribution in [-0.2, 0) is 0 Å². The molecule has 3 aromatic rings. The molecule has 0 saturated heterocycles. The largest absolute Gasteiger partial charge is 0.504 e. The lowest BCUT2D eigenvalue weighted by molar-refractivity contribution is 0.401. The van der Waals surface area contributed by atoms with E-state index in [1.807, 2.05) is 0 Å². The molecule has 5 nitrogen and oxygen atoms in total. The molecular weight excluding hydrogens is 346 g/mol. The zero-order chi connectivity index (χ0) is 19.0. The molecule has 26 heavy (non-hydrogen) atoms. The van der Waals surface area contributed by atoms with Gasteiger partial charge in [0.05, 0.1) is 0 Å². The number of benzene rings is 2. The van der Waals surface area contributed by atoms with Crippen molar-refractivity contribution in [3.05, 3.63) is 47.5 Å². The number of nitrogens with zero attached hydrogens (tertiary/aromatic N) is 3. The summed E-state index contributed by atoms with van der Waals surface area (Å²) in [5.74, 6) is 0.140. The Bertz CT molecular complexity index is 922. The molecule has 0 fully saturated rings. The molecule has 0 aliphatic carbocycles. The quantitative estimate of drug-likeness (QED) is 0.453. The van der Waals surface area contributed by atoms with E-state index in [0.717, 1.165) is 16.7 Å². The highest BCUT2D eigenvalue weighted by molar-refractivity contribution is 7.80. The van der Waals surface area contributed by atoms with Crippen LogP contribution in [-0.4, -0.2) is 25.2 Å². The summed E-state index contributed by atoms with van der Waals surface area (Å²) in [4.78, 5) is 0. The number of hydrogen-bond acceptors (Lipinski definition) is 5. The third kappa shape index (κ3) is 3.05. The van der Waals surface area contributed by atoms with E-state index in [4.69, 9.17) is 0 Å². The normalized spacial score (nSPS) is 11.5. The van der Waals surface area contributed by atoms with Gasteiger partial charge in [-0.2, -0.15) is 0 Å². The molecule has 0 atom stereocenters. The maximum absolute atomic E-state index is 10.3. The number of aromatic hydroxyl groups is 2. The summed E-state index contributed by atoms with van der Waals surface area (Å²) < 4.78 is 1.55. The molecule has 136 valence electrons. The number of para-hydroxylation sites is 1. The zero-order valence-electron chi connectivity index (χ0n) is 15.3. The second kappa shape index (κ2) is 7.03. The molecular formula is C20H23N3O2S. The summed E-state index contributed by atoms with van der Waals surface area (Å²) >= 11 is 4.53. The summed E-state index contributed by atoms with van der Waals surface area (Å²) in [6, 6.07) is 11.0. The maximum Gasteiger partial charge on any atom is 0.183 e. The molecule has 0 aliphatic rings. The van der Waals surface area contributed by atoms with Gasteiger partial charge in [0.1, 0.15) is 16.4 Å². The smallest absolute Gasteiger partial charge is 0.183 e. The molecule has 1 aromatic heterocycles. The van der Waals surface area contributed by atoms with Crippen molar-refractivity contribution in [2.24, 2.45) is 0 Å². The van der Waals surface area contributed by atoms with Gasteiger partial charge in [-0.25, -0.2) is 4.68 Å². The fraction of sp³-hybridized carbons (Fsp3) is 0.300. The Morgan fingerprint density at radius 2 is 1.50 bits per heavy atom. The molecule has 2 N–H and O–H groups in total. The molecule has 0 spiro atoms. The van der Waals surface area contributed by atoms with Gasteiger partial charge in [-0.05, 0) is 35.1 Å². The van der Waals surface area contributed by atoms with Crippen molar-refractivity contribution in [3.8, 4) is 28.4 Å². The second-order valence-electron chi connectivity index (χ2n) is 6.94. The van der Waals surface area contributed by atoms with E-state index in [1.165, 1.54) is 6.07 Å². The average molecular weight is 369 g/mol. The predicted octanol–water partition coefficient (Wildman–Crippen LogP) is 4.88. The predicted molar refractivity (Wildman–Crippen MR) is 106 cm³/mol. The van der Waals surface area contributed by atoms with Crippen molar-refractivity contribution >= 4 is 12.6 Å². The number of hydrogen-bond donors (Lipinski definition) is 3. The first kappa shape index (κ1) is 18.3. The third-order valence-corrected chi connectivity index (χ3v) is 4.79. The van der Waals surface area contributed by atoms with Crippen LogP contribution in [0.4, 0.5) is 0 Å². The van der Waals surface area contributed by atoms with Crippen molar-refractivity contribution in [3.63, 3.8) is 0 Å². The molecule has 0 aliphatic heterocycles. The first-order chi connectivity index (χ1) is 12.3. The van der Waals surface area contributed by atoms with Crippen molar-refractivity contribution in [1.29, 1.82) is 0 Å². The molecule has 1 heterocycles. The SMILES string of the molecule is CC(C)c1cccc(C(C)C)c1-c1c(S)nnn1-c1cccc(O)c1O. The van der Waals surface area contributed by atoms with E-state index in [0.29, 0.717) is 16.4 Å². The molecule has 2 aromatic carbocycles. The van der Waals surface area contributed by atoms with Gasteiger partial charge in [0.25, 0.3) is 0 Å². The Kier molecular flexibility index (Phi) is 4.96. The van der Waals surface area contributed by atoms with Crippen LogP contribution in [0, 0.1) is 0 Å². The Labute approximate surface area is 158 Å². The van der Waals surface area contributed by atoms with Gasteiger partial charge in [0.2, 0.25) is 0 Å². The lowest BCUT2D eigenvalue weighted by Gasteiger charge is -2.20. The lowest BCUT2D eigenvalue weighted by Crippen LogP contribution is -2.06. The van der Waals surface area contributed by atoms with Gasteiger partial charge in [0, 0.05) is 5.56 Å². The van der Waals surface area contributed by atoms with Crippen LogP contribution in [0.15, 0.2) is 41.4 Å². The van der Waals surface area contributed by atoms with E-state index in [1.54, 1.807) is 16.8 Å². The fourth-order valence-electron chi connectivity index (χ4n) is 3.18. The van der Waals surface area contributed by atoms with Crippen molar-refractivity contribution < 1.29 is 10.2 Å². The molecule has 0 unspecified atom stereocenters. The first-order valence-corrected chi connectivity index (χ1v) is 9.06. The summed E-state index contributed by atoms with van der Waals surface area (Å²) in [6.07, 6.45) is 0. The minimum Gasteiger partial charge on any atom is -0.504 e. The van der Waals surface area contributed by atoms with Crippen LogP contribution in [0.2, 0.25) is 0 Å². The summed E-state index contributed by atoms with van der Waals surface area (Å²) in [7, 11) is 0. The van der Waals surface area contributed by atoms with E-state index < -0.39 is 0 Å². The third-order valence-electron chi connectivity index (χ3n) is 4.48. The lowest BCUT2D eigenvalue weighted by atomic mass is 9.87. The fourth-order valence-corrected chi connectivity index (χ4v) is 3.42. The number of aromatic nitrogens is 3. The Morgan fingerprint density at radius 3 is 2.08 bits per heavy atom. The molecule has 0 radical (unpaired) electrons. The van der Waals surface area contributed by atoms with Crippen molar-refractivity contribution in [1.82, 2.24) is 15.0 Å². The first-order valence-electron chi connectivity index (χ1n) is 8.62. The molecule has 6 heteroatoms. The number of phenols is 2. The van der Waals surface area contributed by atoms with Gasteiger partial charge >= 0.3 is 0 Å². The highest BCUT2D eigenvalue weighted by atomic mass is 32.1. The van der Waals surface area contributed by atoms with E-state index in [2.05, 4.69) is 68.8 Å². The molecule has 0 bridgehead atoms. The monoisotopic (exact) mass is 369 g/mol. The molecule has 0 saturated carbocycles. The minimum absolute atomic E-state index is 0.203. The van der Waals surface area contributed by atoms with Crippen LogP contribution >= 0.6 is 12.6 Å². The van der Waals surface area contributed by atoms with Crippen LogP contribution in [0.1, 0.15) is 50.7 Å². The summed E-state index contributed by atoms with van der Waals surface area (Å²) in [5, 5.41) is 29.0. The highest BCUT2D eigenvalue weighted by Crippen LogP contribution is 2.41. The average Bonchev–Trinajstić information content (AvgIpc) is 2.97. The van der Waals surface area contributed by atoms with Crippen molar-refractivity contribution in [2.45, 2.75) is 44.6 Å². The zero-order valence-corrected chi connectivity index (χ0v) is 16.2. The van der Waals surface area contributed by atoms with Gasteiger partial charge in [-0.1, -0.05) is 57.2 Å². The topological polar surface area (TPSA) is 71.2 Å². The summed E-state index contributed by atoms with van der Waals surface area (Å²) in [6.45, 7) is 8.56. The van der Waals surface area contributed by atoms with Gasteiger partial charge in [0.15, 0.2) is 11.5 Å². The van der Waals surface area contributed by atoms with Gasteiger partial charge < -0.3 is 10.2 Å². The molecule has 3 rings (SSSR count). The van der Waals surface area contributed by atoms with E-state index in [9.17, 15) is 10.2 Å². The second-order valence-corrected chi connectivity index (χ2v) is 7.36. The standard InChI is InChI=1S/C20H23N3O2S/c1-11(2)13-7-5-8-14(12(3)4)17(13)18-20(26)21-22-23(18)15-9-6-10-16(24)19(15)25/h5-12,24-26H,1-4H3. The number of thiol groups is 1. The van der Waals surface area contributed by atoms with Crippen LogP contribution in [0.3, 0.4) is 0 Å². The van der Waals surface area contributed by atoms with Gasteiger partial charge in [-0.15, -0.1) is 17.7 Å². The summed E-state index contributed by atoms with van der Waals surface area (Å²) in [5.41, 5.74) is 4.42. The maximum atomic E-state index is 10.3. The Morgan fingerprint density at radius 1 is 0.923 bits per heavy atom. The Balaban J connectivity index is 2.37. The Hall–Kier alpha value is -2.47. The van der Waals surface area contributed by atoms with Crippen LogP contribution in [0.5, 0.6) is 11.5 Å². The van der Waals surface area contributed by atoms with Crippen LogP contribution in [0.25, 0.3) is 16.9 Å². The number of phenolic OH excluding ortho intramolecular Hbond substituents is 2. The number of rotatable bonds is 4. The van der Waals surface area contributed by atoms with Crippen molar-refractivity contribution in [2.75, 3.05) is 0 Å².